The van der Waals surface area contributed by atoms with Gasteiger partial charge in [0.2, 0.25) is 0 Å². The normalized spacial score (nSPS) is 11.4. The lowest BCUT2D eigenvalue weighted by atomic mass is 10.1. The predicted molar refractivity (Wildman–Crippen MR) is 64.5 cm³/mol. The third kappa shape index (κ3) is 8.06. The molecule has 0 aliphatic rings. The van der Waals surface area contributed by atoms with Crippen LogP contribution in [0.25, 0.3) is 0 Å². The Morgan fingerprint density at radius 3 is 2.53 bits per heavy atom. The zero-order chi connectivity index (χ0) is 13.3. The van der Waals surface area contributed by atoms with Crippen LogP contribution in [-0.2, 0) is 9.53 Å². The SMILES string of the molecule is CCOC(=O)NC(CCCN=C(N)N)C(C)=O. The van der Waals surface area contributed by atoms with Crippen LogP contribution in [-0.4, -0.2) is 37.0 Å². The van der Waals surface area contributed by atoms with Crippen molar-refractivity contribution in [1.29, 1.82) is 0 Å². The molecule has 0 heterocycles. The van der Waals surface area contributed by atoms with Gasteiger partial charge < -0.3 is 21.5 Å². The van der Waals surface area contributed by atoms with Crippen molar-refractivity contribution in [3.8, 4) is 0 Å². The fourth-order valence-electron chi connectivity index (χ4n) is 1.20. The maximum atomic E-state index is 11.3. The fourth-order valence-corrected chi connectivity index (χ4v) is 1.20. The first-order valence-electron chi connectivity index (χ1n) is 5.46. The average Bonchev–Trinajstić information content (AvgIpc) is 2.22. The third-order valence-corrected chi connectivity index (χ3v) is 2.00. The molecule has 0 aliphatic heterocycles. The molecule has 0 aromatic heterocycles. The van der Waals surface area contributed by atoms with Gasteiger partial charge in [0.15, 0.2) is 11.7 Å². The molecule has 5 N–H and O–H groups in total. The molecule has 7 nitrogen and oxygen atoms in total. The Morgan fingerprint density at radius 2 is 2.06 bits per heavy atom. The van der Waals surface area contributed by atoms with Gasteiger partial charge in [-0.3, -0.25) is 9.79 Å². The van der Waals surface area contributed by atoms with E-state index in [1.807, 2.05) is 0 Å². The smallest absolute Gasteiger partial charge is 0.407 e. The van der Waals surface area contributed by atoms with Crippen LogP contribution in [0, 0.1) is 0 Å². The molecule has 0 saturated heterocycles. The molecule has 0 bridgehead atoms. The highest BCUT2D eigenvalue weighted by atomic mass is 16.5. The maximum Gasteiger partial charge on any atom is 0.407 e. The average molecular weight is 244 g/mol. The number of amides is 1. The number of rotatable bonds is 7. The van der Waals surface area contributed by atoms with E-state index in [-0.39, 0.29) is 18.3 Å². The van der Waals surface area contributed by atoms with Crippen LogP contribution in [0.5, 0.6) is 0 Å². The van der Waals surface area contributed by atoms with Gasteiger partial charge in [0.25, 0.3) is 0 Å². The van der Waals surface area contributed by atoms with E-state index < -0.39 is 12.1 Å². The third-order valence-electron chi connectivity index (χ3n) is 2.00. The number of ether oxygens (including phenoxy) is 1. The quantitative estimate of drug-likeness (QED) is 0.324. The van der Waals surface area contributed by atoms with E-state index in [9.17, 15) is 9.59 Å². The molecule has 0 rings (SSSR count). The lowest BCUT2D eigenvalue weighted by Crippen LogP contribution is -2.40. The number of carbonyl (C=O) groups excluding carboxylic acids is 2. The highest BCUT2D eigenvalue weighted by Crippen LogP contribution is 2.00. The second-order valence-electron chi connectivity index (χ2n) is 3.48. The van der Waals surface area contributed by atoms with Crippen molar-refractivity contribution in [2.75, 3.05) is 13.2 Å². The van der Waals surface area contributed by atoms with Gasteiger partial charge in [-0.25, -0.2) is 4.79 Å². The molecule has 0 fully saturated rings. The second kappa shape index (κ2) is 8.37. The molecule has 1 amide bonds. The second-order valence-corrected chi connectivity index (χ2v) is 3.48. The first kappa shape index (κ1) is 15.2. The molecule has 0 aliphatic carbocycles. The molecule has 0 saturated carbocycles. The van der Waals surface area contributed by atoms with Crippen LogP contribution in [0.15, 0.2) is 4.99 Å². The molecule has 0 aromatic carbocycles. The lowest BCUT2D eigenvalue weighted by Gasteiger charge is -2.14. The fraction of sp³-hybridized carbons (Fsp3) is 0.700. The zero-order valence-electron chi connectivity index (χ0n) is 10.2. The Kier molecular flexibility index (Phi) is 7.49. The summed E-state index contributed by atoms with van der Waals surface area (Å²) < 4.78 is 4.70. The van der Waals surface area contributed by atoms with E-state index in [1.54, 1.807) is 6.92 Å². The van der Waals surface area contributed by atoms with E-state index in [1.165, 1.54) is 6.92 Å². The first-order valence-corrected chi connectivity index (χ1v) is 5.46. The molecule has 7 heteroatoms. The Hall–Kier alpha value is -1.79. The summed E-state index contributed by atoms with van der Waals surface area (Å²) in [4.78, 5) is 26.2. The Morgan fingerprint density at radius 1 is 1.41 bits per heavy atom. The van der Waals surface area contributed by atoms with Gasteiger partial charge in [-0.05, 0) is 26.7 Å². The number of aliphatic imine (C=N–C) groups is 1. The van der Waals surface area contributed by atoms with Gasteiger partial charge in [-0.1, -0.05) is 0 Å². The number of hydrogen-bond acceptors (Lipinski definition) is 4. The van der Waals surface area contributed by atoms with E-state index in [4.69, 9.17) is 16.2 Å². The first-order chi connectivity index (χ1) is 7.97. The highest BCUT2D eigenvalue weighted by molar-refractivity contribution is 5.85. The van der Waals surface area contributed by atoms with E-state index >= 15 is 0 Å². The minimum atomic E-state index is -0.588. The monoisotopic (exact) mass is 244 g/mol. The molecule has 0 radical (unpaired) electrons. The van der Waals surface area contributed by atoms with Crippen molar-refractivity contribution in [3.05, 3.63) is 0 Å². The van der Waals surface area contributed by atoms with Crippen molar-refractivity contribution in [2.24, 2.45) is 16.5 Å². The number of Topliss-reactive ketones (excluding diaryl/α,β-unsaturated/α-hetero) is 1. The number of alkyl carbamates (subject to hydrolysis) is 1. The molecular formula is C10H20N4O3. The van der Waals surface area contributed by atoms with Crippen LogP contribution in [0.2, 0.25) is 0 Å². The Labute approximate surface area is 101 Å². The topological polar surface area (TPSA) is 120 Å². The standard InChI is InChI=1S/C10H20N4O3/c1-3-17-10(16)14-8(7(2)15)5-4-6-13-9(11)12/h8H,3-6H2,1-2H3,(H,14,16)(H4,11,12,13). The van der Waals surface area contributed by atoms with Crippen molar-refractivity contribution < 1.29 is 14.3 Å². The van der Waals surface area contributed by atoms with Gasteiger partial charge in [0.1, 0.15) is 0 Å². The maximum absolute atomic E-state index is 11.3. The summed E-state index contributed by atoms with van der Waals surface area (Å²) in [5.41, 5.74) is 10.3. The molecular weight excluding hydrogens is 224 g/mol. The summed E-state index contributed by atoms with van der Waals surface area (Å²) in [6.07, 6.45) is 0.494. The van der Waals surface area contributed by atoms with Gasteiger partial charge in [0, 0.05) is 6.54 Å². The molecule has 1 unspecified atom stereocenters. The summed E-state index contributed by atoms with van der Waals surface area (Å²) in [6.45, 7) is 3.81. The van der Waals surface area contributed by atoms with E-state index in [2.05, 4.69) is 10.3 Å². The number of nitrogens with zero attached hydrogens (tertiary/aromatic N) is 1. The lowest BCUT2D eigenvalue weighted by molar-refractivity contribution is -0.119. The van der Waals surface area contributed by atoms with Crippen LogP contribution in [0.1, 0.15) is 26.7 Å². The van der Waals surface area contributed by atoms with Crippen LogP contribution in [0.3, 0.4) is 0 Å². The van der Waals surface area contributed by atoms with Crippen molar-refractivity contribution >= 4 is 17.8 Å². The largest absolute Gasteiger partial charge is 0.450 e. The zero-order valence-corrected chi connectivity index (χ0v) is 10.2. The summed E-state index contributed by atoms with van der Waals surface area (Å²) >= 11 is 0. The molecule has 17 heavy (non-hydrogen) atoms. The van der Waals surface area contributed by atoms with Crippen LogP contribution in [0.4, 0.5) is 4.79 Å². The molecule has 0 spiro atoms. The summed E-state index contributed by atoms with van der Waals surface area (Å²) in [5, 5.41) is 2.48. The highest BCUT2D eigenvalue weighted by Gasteiger charge is 2.16. The number of nitrogens with one attached hydrogen (secondary N) is 1. The van der Waals surface area contributed by atoms with Crippen molar-refractivity contribution in [3.63, 3.8) is 0 Å². The van der Waals surface area contributed by atoms with Crippen LogP contribution < -0.4 is 16.8 Å². The molecule has 98 valence electrons. The summed E-state index contributed by atoms with van der Waals surface area (Å²) in [5.74, 6) is -0.106. The predicted octanol–water partition coefficient (Wildman–Crippen LogP) is -0.256. The number of guanidine groups is 1. The van der Waals surface area contributed by atoms with Gasteiger partial charge in [-0.15, -0.1) is 0 Å². The van der Waals surface area contributed by atoms with Crippen molar-refractivity contribution in [2.45, 2.75) is 32.7 Å². The number of hydrogen-bond donors (Lipinski definition) is 3. The molecule has 1 atom stereocenters. The van der Waals surface area contributed by atoms with Crippen LogP contribution >= 0.6 is 0 Å². The number of ketones is 1. The van der Waals surface area contributed by atoms with Gasteiger partial charge >= 0.3 is 6.09 Å². The summed E-state index contributed by atoms with van der Waals surface area (Å²) in [7, 11) is 0. The summed E-state index contributed by atoms with van der Waals surface area (Å²) in [6, 6.07) is -0.553. The van der Waals surface area contributed by atoms with Gasteiger partial charge in [0.05, 0.1) is 12.6 Å². The Bertz CT molecular complexity index is 287. The van der Waals surface area contributed by atoms with Crippen molar-refractivity contribution in [1.82, 2.24) is 5.32 Å². The van der Waals surface area contributed by atoms with E-state index in [0.29, 0.717) is 19.4 Å². The Balaban J connectivity index is 4.03. The number of carbonyl (C=O) groups is 2. The molecule has 0 aromatic rings. The van der Waals surface area contributed by atoms with E-state index in [0.717, 1.165) is 0 Å². The minimum absolute atomic E-state index is 0.0164. The number of nitrogens with two attached hydrogens (primary N) is 2. The van der Waals surface area contributed by atoms with Gasteiger partial charge in [-0.2, -0.15) is 0 Å². The minimum Gasteiger partial charge on any atom is -0.450 e.